The first-order chi connectivity index (χ1) is 10.3. The number of ether oxygens (including phenoxy) is 3. The molecule has 0 amide bonds. The fraction of sp³-hybridized carbons (Fsp3) is 0.529. The number of morpholine rings is 1. The number of hydrogen-bond acceptors (Lipinski definition) is 4. The number of nitrogens with zero attached hydrogens (tertiary/aromatic N) is 1. The van der Waals surface area contributed by atoms with Crippen LogP contribution in [0.5, 0.6) is 11.5 Å². The first-order valence-electron chi connectivity index (χ1n) is 7.53. The molecule has 1 saturated heterocycles. The van der Waals surface area contributed by atoms with Crippen LogP contribution in [0.25, 0.3) is 0 Å². The average Bonchev–Trinajstić information content (AvgIpc) is 2.48. The summed E-state index contributed by atoms with van der Waals surface area (Å²) in [6, 6.07) is 8.74. The molecule has 2 aliphatic heterocycles. The molecule has 1 aromatic rings. The summed E-state index contributed by atoms with van der Waals surface area (Å²) in [5, 5.41) is 0. The molecule has 0 saturated carbocycles. The fourth-order valence-electron chi connectivity index (χ4n) is 3.06. The van der Waals surface area contributed by atoms with Crippen LogP contribution < -0.4 is 9.47 Å². The molecule has 2 heterocycles. The van der Waals surface area contributed by atoms with Gasteiger partial charge in [-0.15, -0.1) is 0 Å². The molecule has 2 atom stereocenters. The zero-order chi connectivity index (χ0) is 14.7. The Morgan fingerprint density at radius 1 is 1.24 bits per heavy atom. The van der Waals surface area contributed by atoms with Gasteiger partial charge in [0.15, 0.2) is 11.5 Å². The zero-order valence-electron chi connectivity index (χ0n) is 12.7. The predicted octanol–water partition coefficient (Wildman–Crippen LogP) is 2.49. The standard InChI is InChI=1S/C17H23NO3/c1-18-14-9-13(10-15(18)12-20-11-14)7-8-21-17-6-4-3-5-16(17)19-2/h3-6,9,14-15H,7-8,10-12H2,1-2H3. The van der Waals surface area contributed by atoms with Crippen LogP contribution in [0.15, 0.2) is 35.9 Å². The van der Waals surface area contributed by atoms with Gasteiger partial charge in [-0.3, -0.25) is 4.90 Å². The SMILES string of the molecule is COc1ccccc1OCCC1=CC2COCC(C1)N2C. The Morgan fingerprint density at radius 2 is 2.05 bits per heavy atom. The molecule has 4 heteroatoms. The Hall–Kier alpha value is -1.52. The smallest absolute Gasteiger partial charge is 0.161 e. The number of hydrogen-bond donors (Lipinski definition) is 0. The van der Waals surface area contributed by atoms with Crippen molar-refractivity contribution in [3.63, 3.8) is 0 Å². The van der Waals surface area contributed by atoms with Crippen LogP contribution in [0, 0.1) is 0 Å². The normalized spacial score (nSPS) is 25.3. The Morgan fingerprint density at radius 3 is 2.81 bits per heavy atom. The van der Waals surface area contributed by atoms with Crippen molar-refractivity contribution in [1.82, 2.24) is 4.90 Å². The van der Waals surface area contributed by atoms with Crippen molar-refractivity contribution < 1.29 is 14.2 Å². The van der Waals surface area contributed by atoms with Gasteiger partial charge in [-0.05, 0) is 25.6 Å². The largest absolute Gasteiger partial charge is 0.493 e. The third-order valence-electron chi connectivity index (χ3n) is 4.37. The van der Waals surface area contributed by atoms with E-state index >= 15 is 0 Å². The first-order valence-corrected chi connectivity index (χ1v) is 7.53. The Bertz CT molecular complexity index is 515. The summed E-state index contributed by atoms with van der Waals surface area (Å²) >= 11 is 0. The maximum atomic E-state index is 5.87. The van der Waals surface area contributed by atoms with Crippen molar-refractivity contribution >= 4 is 0 Å². The molecule has 0 N–H and O–H groups in total. The van der Waals surface area contributed by atoms with Crippen molar-refractivity contribution in [2.75, 3.05) is 34.0 Å². The van der Waals surface area contributed by atoms with Gasteiger partial charge < -0.3 is 14.2 Å². The van der Waals surface area contributed by atoms with E-state index in [-0.39, 0.29) is 0 Å². The van der Waals surface area contributed by atoms with Crippen LogP contribution in [-0.4, -0.2) is 51.0 Å². The summed E-state index contributed by atoms with van der Waals surface area (Å²) in [7, 11) is 3.86. The lowest BCUT2D eigenvalue weighted by Gasteiger charge is -2.42. The van der Waals surface area contributed by atoms with Gasteiger partial charge in [0.2, 0.25) is 0 Å². The molecule has 0 radical (unpaired) electrons. The van der Waals surface area contributed by atoms with E-state index in [2.05, 4.69) is 18.0 Å². The molecule has 2 unspecified atom stereocenters. The minimum atomic E-state index is 0.429. The highest BCUT2D eigenvalue weighted by Crippen LogP contribution is 2.29. The number of methoxy groups -OCH3 is 1. The van der Waals surface area contributed by atoms with Crippen molar-refractivity contribution in [3.05, 3.63) is 35.9 Å². The Kier molecular flexibility index (Phi) is 4.46. The molecular weight excluding hydrogens is 266 g/mol. The number of para-hydroxylation sites is 2. The maximum Gasteiger partial charge on any atom is 0.161 e. The third kappa shape index (κ3) is 3.22. The van der Waals surface area contributed by atoms with Gasteiger partial charge in [0, 0.05) is 12.5 Å². The van der Waals surface area contributed by atoms with Crippen molar-refractivity contribution in [2.45, 2.75) is 24.9 Å². The van der Waals surface area contributed by atoms with E-state index in [1.54, 1.807) is 7.11 Å². The van der Waals surface area contributed by atoms with E-state index < -0.39 is 0 Å². The summed E-state index contributed by atoms with van der Waals surface area (Å²) in [5.74, 6) is 1.61. The van der Waals surface area contributed by atoms with E-state index in [4.69, 9.17) is 14.2 Å². The number of fused-ring (bicyclic) bond motifs is 2. The van der Waals surface area contributed by atoms with E-state index in [0.29, 0.717) is 18.7 Å². The zero-order valence-corrected chi connectivity index (χ0v) is 12.7. The highest BCUT2D eigenvalue weighted by molar-refractivity contribution is 5.39. The molecule has 114 valence electrons. The molecule has 2 bridgehead atoms. The van der Waals surface area contributed by atoms with E-state index in [9.17, 15) is 0 Å². The van der Waals surface area contributed by atoms with Crippen LogP contribution in [0.1, 0.15) is 12.8 Å². The van der Waals surface area contributed by atoms with Gasteiger partial charge >= 0.3 is 0 Å². The second kappa shape index (κ2) is 6.50. The molecule has 4 nitrogen and oxygen atoms in total. The Balaban J connectivity index is 1.56. The minimum absolute atomic E-state index is 0.429. The highest BCUT2D eigenvalue weighted by Gasteiger charge is 2.31. The summed E-state index contributed by atoms with van der Waals surface area (Å²) in [4.78, 5) is 2.42. The summed E-state index contributed by atoms with van der Waals surface area (Å²) < 4.78 is 16.8. The highest BCUT2D eigenvalue weighted by atomic mass is 16.5. The third-order valence-corrected chi connectivity index (χ3v) is 4.37. The monoisotopic (exact) mass is 289 g/mol. The van der Waals surface area contributed by atoms with E-state index in [1.165, 1.54) is 5.57 Å². The van der Waals surface area contributed by atoms with Gasteiger partial charge in [0.1, 0.15) is 0 Å². The maximum absolute atomic E-state index is 5.87. The molecule has 21 heavy (non-hydrogen) atoms. The van der Waals surface area contributed by atoms with Crippen LogP contribution in [-0.2, 0) is 4.74 Å². The van der Waals surface area contributed by atoms with E-state index in [0.717, 1.165) is 37.6 Å². The number of benzene rings is 1. The van der Waals surface area contributed by atoms with Gasteiger partial charge in [-0.25, -0.2) is 0 Å². The van der Waals surface area contributed by atoms with Crippen LogP contribution in [0.3, 0.4) is 0 Å². The molecule has 1 aromatic carbocycles. The lowest BCUT2D eigenvalue weighted by Crippen LogP contribution is -2.51. The van der Waals surface area contributed by atoms with Gasteiger partial charge in [-0.1, -0.05) is 23.8 Å². The molecule has 3 rings (SSSR count). The Labute approximate surface area is 126 Å². The quantitative estimate of drug-likeness (QED) is 0.779. The predicted molar refractivity (Wildman–Crippen MR) is 82.0 cm³/mol. The van der Waals surface area contributed by atoms with Crippen molar-refractivity contribution in [1.29, 1.82) is 0 Å². The van der Waals surface area contributed by atoms with Gasteiger partial charge in [0.25, 0.3) is 0 Å². The second-order valence-electron chi connectivity index (χ2n) is 5.70. The van der Waals surface area contributed by atoms with Crippen LogP contribution in [0.2, 0.25) is 0 Å². The van der Waals surface area contributed by atoms with E-state index in [1.807, 2.05) is 24.3 Å². The lowest BCUT2D eigenvalue weighted by atomic mass is 9.93. The fourth-order valence-corrected chi connectivity index (χ4v) is 3.06. The summed E-state index contributed by atoms with van der Waals surface area (Å²) in [5.41, 5.74) is 1.49. The van der Waals surface area contributed by atoms with Gasteiger partial charge in [-0.2, -0.15) is 0 Å². The van der Waals surface area contributed by atoms with Gasteiger partial charge in [0.05, 0.1) is 33.0 Å². The second-order valence-corrected chi connectivity index (χ2v) is 5.70. The number of likely N-dealkylation sites (N-methyl/N-ethyl adjacent to an activating group) is 1. The molecule has 0 aromatic heterocycles. The molecular formula is C17H23NO3. The molecule has 0 spiro atoms. The first kappa shape index (κ1) is 14.4. The molecule has 0 aliphatic carbocycles. The van der Waals surface area contributed by atoms with Crippen LogP contribution in [0.4, 0.5) is 0 Å². The average molecular weight is 289 g/mol. The summed E-state index contributed by atoms with van der Waals surface area (Å²) in [6.07, 6.45) is 4.41. The molecule has 2 aliphatic rings. The minimum Gasteiger partial charge on any atom is -0.493 e. The van der Waals surface area contributed by atoms with Crippen LogP contribution >= 0.6 is 0 Å². The molecule has 1 fully saturated rings. The summed E-state index contributed by atoms with van der Waals surface area (Å²) in [6.45, 7) is 2.35. The van der Waals surface area contributed by atoms with Crippen molar-refractivity contribution in [2.24, 2.45) is 0 Å². The topological polar surface area (TPSA) is 30.9 Å². The number of rotatable bonds is 5. The lowest BCUT2D eigenvalue weighted by molar-refractivity contribution is -0.0263. The van der Waals surface area contributed by atoms with Crippen molar-refractivity contribution in [3.8, 4) is 11.5 Å².